The lowest BCUT2D eigenvalue weighted by Gasteiger charge is -2.31. The Hall–Kier alpha value is -6.10. The van der Waals surface area contributed by atoms with Crippen LogP contribution in [-0.2, 0) is 9.59 Å². The number of carbonyl (C=O) groups is 4. The number of aromatic nitrogens is 4. The first-order valence-corrected chi connectivity index (χ1v) is 22.6. The summed E-state index contributed by atoms with van der Waals surface area (Å²) in [5.41, 5.74) is 5.44. The molecule has 0 aliphatic carbocycles. The number of likely N-dealkylation sites (tertiary alicyclic amines) is 4. The highest BCUT2D eigenvalue weighted by Crippen LogP contribution is 2.34. The largest absolute Gasteiger partial charge is 0.340 e. The third-order valence-corrected chi connectivity index (χ3v) is 12.8. The predicted molar refractivity (Wildman–Crippen MR) is 237 cm³/mol. The van der Waals surface area contributed by atoms with Crippen LogP contribution in [0.4, 0.5) is 9.59 Å². The summed E-state index contributed by atoms with van der Waals surface area (Å²) >= 11 is 0. The van der Waals surface area contributed by atoms with Crippen molar-refractivity contribution in [1.82, 2.24) is 50.2 Å². The molecule has 4 saturated heterocycles. The van der Waals surface area contributed by atoms with Gasteiger partial charge in [-0.05, 0) is 98.6 Å². The van der Waals surface area contributed by atoms with Crippen LogP contribution < -0.4 is 10.6 Å². The monoisotopic (exact) mass is 840 g/mol. The Morgan fingerprint density at radius 3 is 1.29 bits per heavy atom. The van der Waals surface area contributed by atoms with E-state index in [1.54, 1.807) is 9.80 Å². The number of rotatable bonds is 10. The van der Waals surface area contributed by atoms with Gasteiger partial charge < -0.3 is 40.2 Å². The Morgan fingerprint density at radius 1 is 0.565 bits per heavy atom. The average molecular weight is 841 g/mol. The third-order valence-electron chi connectivity index (χ3n) is 12.8. The van der Waals surface area contributed by atoms with Gasteiger partial charge in [-0.2, -0.15) is 0 Å². The van der Waals surface area contributed by atoms with Gasteiger partial charge in [-0.25, -0.2) is 19.6 Å². The highest BCUT2D eigenvalue weighted by atomic mass is 16.2. The van der Waals surface area contributed by atoms with Crippen LogP contribution in [0.25, 0.3) is 22.5 Å². The summed E-state index contributed by atoms with van der Waals surface area (Å²) in [5.74, 6) is 7.87. The second kappa shape index (κ2) is 18.9. The molecular weight excluding hydrogens is 781 g/mol. The average Bonchev–Trinajstić information content (AvgIpc) is 4.13. The zero-order valence-electron chi connectivity index (χ0n) is 36.5. The number of urea groups is 2. The molecule has 62 heavy (non-hydrogen) atoms. The van der Waals surface area contributed by atoms with Crippen molar-refractivity contribution in [2.45, 2.75) is 103 Å². The highest BCUT2D eigenvalue weighted by molar-refractivity contribution is 5.88. The van der Waals surface area contributed by atoms with Gasteiger partial charge in [-0.3, -0.25) is 9.59 Å². The van der Waals surface area contributed by atoms with Gasteiger partial charge in [0.1, 0.15) is 23.7 Å². The molecule has 0 saturated carbocycles. The SMILES string of the molecule is CC(C)[C@@H](NC(=O)N1CCCC1)C(=O)N1CCC[C@H]1c1ncc(-c2ccc(C#Cc3ccc(-c4cnc([C@@H]5CCCN5C(=O)[C@H](NC(=O)N5CCCC5)C(C)C)[nH]4)cc3)cc2)[nH]1. The summed E-state index contributed by atoms with van der Waals surface area (Å²) in [5, 5.41) is 6.06. The first kappa shape index (κ1) is 42.6. The van der Waals surface area contributed by atoms with Crippen LogP contribution in [0, 0.1) is 23.7 Å². The summed E-state index contributed by atoms with van der Waals surface area (Å²) in [7, 11) is 0. The predicted octanol–water partition coefficient (Wildman–Crippen LogP) is 6.85. The molecule has 4 N–H and O–H groups in total. The Kier molecular flexibility index (Phi) is 13.0. The molecule has 4 aromatic rings. The molecule has 6 heterocycles. The van der Waals surface area contributed by atoms with Crippen LogP contribution in [-0.4, -0.2) is 115 Å². The van der Waals surface area contributed by atoms with E-state index in [9.17, 15) is 19.2 Å². The number of amides is 6. The van der Waals surface area contributed by atoms with E-state index < -0.39 is 12.1 Å². The summed E-state index contributed by atoms with van der Waals surface area (Å²) in [6.45, 7) is 12.1. The van der Waals surface area contributed by atoms with Gasteiger partial charge in [0.15, 0.2) is 0 Å². The number of nitrogens with zero attached hydrogens (tertiary/aromatic N) is 6. The van der Waals surface area contributed by atoms with Gasteiger partial charge in [0.2, 0.25) is 11.8 Å². The number of carbonyl (C=O) groups excluding carboxylic acids is 4. The van der Waals surface area contributed by atoms with Crippen LogP contribution in [0.1, 0.15) is 114 Å². The van der Waals surface area contributed by atoms with Gasteiger partial charge in [-0.15, -0.1) is 0 Å². The van der Waals surface area contributed by atoms with Crippen molar-refractivity contribution >= 4 is 23.9 Å². The number of hydrogen-bond acceptors (Lipinski definition) is 6. The first-order valence-electron chi connectivity index (χ1n) is 22.6. The summed E-state index contributed by atoms with van der Waals surface area (Å²) in [4.78, 5) is 77.3. The molecule has 0 unspecified atom stereocenters. The normalized spacial score (nSPS) is 19.8. The number of benzene rings is 2. The van der Waals surface area contributed by atoms with Crippen molar-refractivity contribution in [3.8, 4) is 34.4 Å². The number of nitrogens with one attached hydrogen (secondary N) is 4. The number of H-pyrrole nitrogens is 2. The van der Waals surface area contributed by atoms with Crippen LogP contribution in [0.2, 0.25) is 0 Å². The van der Waals surface area contributed by atoms with E-state index in [2.05, 4.69) is 32.4 Å². The molecular formula is C48H60N10O4. The van der Waals surface area contributed by atoms with E-state index in [1.165, 1.54) is 0 Å². The highest BCUT2D eigenvalue weighted by Gasteiger charge is 2.39. The van der Waals surface area contributed by atoms with Crippen molar-refractivity contribution in [3.63, 3.8) is 0 Å². The second-order valence-corrected chi connectivity index (χ2v) is 17.9. The first-order chi connectivity index (χ1) is 30.0. The molecule has 0 radical (unpaired) electrons. The molecule has 0 bridgehead atoms. The lowest BCUT2D eigenvalue weighted by atomic mass is 10.0. The van der Waals surface area contributed by atoms with Crippen molar-refractivity contribution in [2.75, 3.05) is 39.3 Å². The van der Waals surface area contributed by atoms with Crippen molar-refractivity contribution < 1.29 is 19.2 Å². The number of imidazole rings is 2. The maximum Gasteiger partial charge on any atom is 0.318 e. The van der Waals surface area contributed by atoms with Crippen molar-refractivity contribution in [3.05, 3.63) is 83.7 Å². The molecule has 14 nitrogen and oxygen atoms in total. The fourth-order valence-electron chi connectivity index (χ4n) is 9.22. The smallest absolute Gasteiger partial charge is 0.318 e. The minimum atomic E-state index is -0.590. The molecule has 4 atom stereocenters. The molecule has 0 spiro atoms. The zero-order valence-corrected chi connectivity index (χ0v) is 36.5. The molecule has 8 rings (SSSR count). The van der Waals surface area contributed by atoms with Crippen LogP contribution >= 0.6 is 0 Å². The fourth-order valence-corrected chi connectivity index (χ4v) is 9.22. The summed E-state index contributed by atoms with van der Waals surface area (Å²) < 4.78 is 0. The molecule has 326 valence electrons. The Labute approximate surface area is 364 Å². The second-order valence-electron chi connectivity index (χ2n) is 17.9. The molecule has 2 aromatic heterocycles. The number of hydrogen-bond donors (Lipinski definition) is 4. The summed E-state index contributed by atoms with van der Waals surface area (Å²) in [6, 6.07) is 14.2. The number of aromatic amines is 2. The van der Waals surface area contributed by atoms with Gasteiger partial charge in [0.25, 0.3) is 0 Å². The van der Waals surface area contributed by atoms with Gasteiger partial charge in [0, 0.05) is 50.4 Å². The van der Waals surface area contributed by atoms with Crippen molar-refractivity contribution in [2.24, 2.45) is 11.8 Å². The van der Waals surface area contributed by atoms with E-state index in [0.29, 0.717) is 13.1 Å². The van der Waals surface area contributed by atoms with Crippen LogP contribution in [0.3, 0.4) is 0 Å². The van der Waals surface area contributed by atoms with E-state index >= 15 is 0 Å². The standard InChI is InChI=1S/C48H60N10O4/c1-31(2)41(53-47(61)55-23-5-6-24-55)45(59)57-27-9-11-39(57)43-49-29-37(51-43)35-19-15-33(16-20-35)13-14-34-17-21-36(22-18-34)38-30-50-44(52-38)40-12-10-28-58(40)46(60)42(32(3)4)54-48(62)56-25-7-8-26-56/h15-22,29-32,39-42H,5-12,23-28H2,1-4H3,(H,49,51)(H,50,52)(H,53,61)(H,54,62)/t39-,40-,41+,42+/m0/s1. The van der Waals surface area contributed by atoms with E-state index in [4.69, 9.17) is 9.97 Å². The van der Waals surface area contributed by atoms with Crippen LogP contribution in [0.5, 0.6) is 0 Å². The maximum absolute atomic E-state index is 13.9. The Morgan fingerprint density at radius 2 is 0.935 bits per heavy atom. The van der Waals surface area contributed by atoms with E-state index in [1.807, 2.05) is 98.4 Å². The quantitative estimate of drug-likeness (QED) is 0.128. The van der Waals surface area contributed by atoms with Gasteiger partial charge in [0.05, 0.1) is 35.9 Å². The third kappa shape index (κ3) is 9.37. The Bertz CT molecular complexity index is 2120. The van der Waals surface area contributed by atoms with E-state index in [-0.39, 0.29) is 47.8 Å². The molecule has 4 aliphatic rings. The van der Waals surface area contributed by atoms with Gasteiger partial charge in [-0.1, -0.05) is 63.8 Å². The fraction of sp³-hybridized carbons (Fsp3) is 0.500. The molecule has 4 fully saturated rings. The van der Waals surface area contributed by atoms with Crippen molar-refractivity contribution in [1.29, 1.82) is 0 Å². The molecule has 2 aromatic carbocycles. The zero-order chi connectivity index (χ0) is 43.3. The molecule has 4 aliphatic heterocycles. The lowest BCUT2D eigenvalue weighted by molar-refractivity contribution is -0.136. The van der Waals surface area contributed by atoms with E-state index in [0.717, 1.165) is 123 Å². The molecule has 14 heteroatoms. The van der Waals surface area contributed by atoms with Gasteiger partial charge >= 0.3 is 12.1 Å². The molecule has 6 amide bonds. The van der Waals surface area contributed by atoms with Crippen LogP contribution in [0.15, 0.2) is 60.9 Å². The minimum absolute atomic E-state index is 0.0420. The Balaban J connectivity index is 0.871. The minimum Gasteiger partial charge on any atom is -0.340 e. The summed E-state index contributed by atoms with van der Waals surface area (Å²) in [6.07, 6.45) is 11.0. The maximum atomic E-state index is 13.9. The topological polar surface area (TPSA) is 163 Å². The lowest BCUT2D eigenvalue weighted by Crippen LogP contribution is -2.54.